The maximum atomic E-state index is 13.3. The molecule has 32 heavy (non-hydrogen) atoms. The van der Waals surface area contributed by atoms with Crippen LogP contribution in [0.4, 0.5) is 0 Å². The molecule has 0 atom stereocenters. The maximum Gasteiger partial charge on any atom is 0.243 e. The zero-order valence-corrected chi connectivity index (χ0v) is 18.6. The molecular formula is C25H25NO5S. The minimum Gasteiger partial charge on any atom is -0.497 e. The van der Waals surface area contributed by atoms with Gasteiger partial charge >= 0.3 is 0 Å². The van der Waals surface area contributed by atoms with Crippen LogP contribution in [0.15, 0.2) is 71.6 Å². The van der Waals surface area contributed by atoms with Gasteiger partial charge in [-0.05, 0) is 65.4 Å². The third-order valence-corrected chi connectivity index (χ3v) is 7.76. The van der Waals surface area contributed by atoms with Gasteiger partial charge < -0.3 is 9.84 Å². The number of rotatable bonds is 6. The zero-order chi connectivity index (χ0) is 22.7. The van der Waals surface area contributed by atoms with Gasteiger partial charge in [0.1, 0.15) is 12.4 Å². The van der Waals surface area contributed by atoms with E-state index >= 15 is 0 Å². The highest BCUT2D eigenvalue weighted by atomic mass is 32.2. The zero-order valence-electron chi connectivity index (χ0n) is 17.8. The summed E-state index contributed by atoms with van der Waals surface area (Å²) in [5.74, 6) is 0.432. The Labute approximate surface area is 188 Å². The molecule has 0 saturated carbocycles. The van der Waals surface area contributed by atoms with Crippen molar-refractivity contribution < 1.29 is 23.1 Å². The minimum atomic E-state index is -3.64. The Balaban J connectivity index is 1.52. The van der Waals surface area contributed by atoms with Gasteiger partial charge in [-0.15, -0.1) is 0 Å². The van der Waals surface area contributed by atoms with Crippen molar-refractivity contribution in [1.82, 2.24) is 4.31 Å². The first-order valence-electron chi connectivity index (χ1n) is 10.4. The molecule has 1 aliphatic rings. The molecule has 0 bridgehead atoms. The van der Waals surface area contributed by atoms with Crippen molar-refractivity contribution in [2.45, 2.75) is 17.7 Å². The molecule has 0 saturated heterocycles. The van der Waals surface area contributed by atoms with Gasteiger partial charge in [-0.25, -0.2) is 8.42 Å². The van der Waals surface area contributed by atoms with Crippen molar-refractivity contribution in [3.8, 4) is 16.9 Å². The second-order valence-corrected chi connectivity index (χ2v) is 9.66. The number of carbonyl (C=O) groups excluding carboxylic acids is 1. The number of hydrogen-bond acceptors (Lipinski definition) is 5. The second kappa shape index (κ2) is 9.24. The third-order valence-electron chi connectivity index (χ3n) is 5.85. The number of fused-ring (bicyclic) bond motifs is 1. The molecule has 0 unspecified atom stereocenters. The van der Waals surface area contributed by atoms with Gasteiger partial charge in [0.25, 0.3) is 0 Å². The smallest absolute Gasteiger partial charge is 0.243 e. The van der Waals surface area contributed by atoms with Gasteiger partial charge in [0, 0.05) is 18.7 Å². The van der Waals surface area contributed by atoms with Crippen LogP contribution >= 0.6 is 0 Å². The molecule has 6 nitrogen and oxygen atoms in total. The number of ether oxygens (including phenoxy) is 1. The minimum absolute atomic E-state index is 0.261. The average molecular weight is 452 g/mol. The van der Waals surface area contributed by atoms with Gasteiger partial charge in [0.15, 0.2) is 5.78 Å². The number of benzene rings is 3. The summed E-state index contributed by atoms with van der Waals surface area (Å²) in [7, 11) is -2.02. The lowest BCUT2D eigenvalue weighted by Crippen LogP contribution is -2.33. The van der Waals surface area contributed by atoms with Crippen molar-refractivity contribution in [2.75, 3.05) is 26.8 Å². The molecule has 0 spiro atoms. The van der Waals surface area contributed by atoms with E-state index in [1.165, 1.54) is 4.31 Å². The van der Waals surface area contributed by atoms with E-state index in [1.807, 2.05) is 42.5 Å². The molecule has 166 valence electrons. The van der Waals surface area contributed by atoms with Crippen LogP contribution in [0.25, 0.3) is 11.1 Å². The van der Waals surface area contributed by atoms with E-state index in [-0.39, 0.29) is 10.7 Å². The van der Waals surface area contributed by atoms with Crippen LogP contribution in [0.1, 0.15) is 21.5 Å². The maximum absolute atomic E-state index is 13.3. The summed E-state index contributed by atoms with van der Waals surface area (Å²) >= 11 is 0. The monoisotopic (exact) mass is 451 g/mol. The molecule has 1 heterocycles. The Morgan fingerprint density at radius 3 is 2.09 bits per heavy atom. The Morgan fingerprint density at radius 1 is 0.906 bits per heavy atom. The van der Waals surface area contributed by atoms with E-state index in [1.54, 1.807) is 31.4 Å². The molecule has 0 amide bonds. The first kappa shape index (κ1) is 22.2. The predicted molar refractivity (Wildman–Crippen MR) is 122 cm³/mol. The second-order valence-electron chi connectivity index (χ2n) is 7.72. The lowest BCUT2D eigenvalue weighted by molar-refractivity contribution is 0.0903. The molecule has 3 aromatic rings. The largest absolute Gasteiger partial charge is 0.497 e. The van der Waals surface area contributed by atoms with Crippen molar-refractivity contribution in [3.63, 3.8) is 0 Å². The van der Waals surface area contributed by atoms with Crippen LogP contribution in [0.2, 0.25) is 0 Å². The molecule has 0 radical (unpaired) electrons. The van der Waals surface area contributed by atoms with E-state index in [9.17, 15) is 13.2 Å². The molecular weight excluding hydrogens is 426 g/mol. The van der Waals surface area contributed by atoms with Gasteiger partial charge in [0.2, 0.25) is 10.0 Å². The number of aliphatic hydroxyl groups excluding tert-OH is 1. The summed E-state index contributed by atoms with van der Waals surface area (Å²) in [5.41, 5.74) is 4.35. The standard InChI is InChI=1S/C25H25NO5S/c1-31-23-8-4-18(5-9-23)19-6-10-24(11-7-19)32(29,30)26-14-12-20-2-3-22(25(28)17-27)16-21(20)13-15-26/h2-11,16,27H,12-15,17H2,1H3. The van der Waals surface area contributed by atoms with Crippen molar-refractivity contribution in [2.24, 2.45) is 0 Å². The first-order valence-corrected chi connectivity index (χ1v) is 11.9. The number of hydrogen-bond donors (Lipinski definition) is 1. The quantitative estimate of drug-likeness (QED) is 0.581. The highest BCUT2D eigenvalue weighted by Gasteiger charge is 2.27. The van der Waals surface area contributed by atoms with Gasteiger partial charge in [-0.3, -0.25) is 4.79 Å². The molecule has 7 heteroatoms. The topological polar surface area (TPSA) is 83.9 Å². The van der Waals surface area contributed by atoms with Crippen LogP contribution < -0.4 is 4.74 Å². The summed E-state index contributed by atoms with van der Waals surface area (Å²) in [6.07, 6.45) is 1.09. The normalized spacial score (nSPS) is 14.4. The lowest BCUT2D eigenvalue weighted by atomic mass is 9.98. The van der Waals surface area contributed by atoms with Gasteiger partial charge in [-0.2, -0.15) is 4.31 Å². The summed E-state index contributed by atoms with van der Waals surface area (Å²) in [4.78, 5) is 12.1. The van der Waals surface area contributed by atoms with E-state index in [0.29, 0.717) is 31.5 Å². The fourth-order valence-corrected chi connectivity index (χ4v) is 5.40. The number of carbonyl (C=O) groups is 1. The van der Waals surface area contributed by atoms with E-state index in [0.717, 1.165) is 28.0 Å². The first-order chi connectivity index (χ1) is 15.4. The molecule has 0 aliphatic carbocycles. The summed E-state index contributed by atoms with van der Waals surface area (Å²) < 4.78 is 33.2. The third kappa shape index (κ3) is 4.46. The number of sulfonamides is 1. The number of methoxy groups -OCH3 is 1. The molecule has 1 N–H and O–H groups in total. The molecule has 1 aliphatic heterocycles. The van der Waals surface area contributed by atoms with E-state index in [2.05, 4.69) is 0 Å². The fourth-order valence-electron chi connectivity index (χ4n) is 3.96. The van der Waals surface area contributed by atoms with Crippen LogP contribution in [0, 0.1) is 0 Å². The fraction of sp³-hybridized carbons (Fsp3) is 0.240. The highest BCUT2D eigenvalue weighted by molar-refractivity contribution is 7.89. The average Bonchev–Trinajstić information content (AvgIpc) is 3.06. The van der Waals surface area contributed by atoms with Crippen LogP contribution in [0.3, 0.4) is 0 Å². The molecule has 0 aromatic heterocycles. The Bertz CT molecular complexity index is 1220. The van der Waals surface area contributed by atoms with Crippen LogP contribution in [-0.4, -0.2) is 50.4 Å². The number of Topliss-reactive ketones (excluding diaryl/α,β-unsaturated/α-hetero) is 1. The summed E-state index contributed by atoms with van der Waals surface area (Å²) in [6.45, 7) is 0.182. The van der Waals surface area contributed by atoms with Crippen LogP contribution in [0.5, 0.6) is 5.75 Å². The van der Waals surface area contributed by atoms with E-state index in [4.69, 9.17) is 9.84 Å². The van der Waals surface area contributed by atoms with Crippen molar-refractivity contribution in [3.05, 3.63) is 83.4 Å². The Kier molecular flexibility index (Phi) is 6.41. The lowest BCUT2D eigenvalue weighted by Gasteiger charge is -2.20. The van der Waals surface area contributed by atoms with Gasteiger partial charge in [-0.1, -0.05) is 36.4 Å². The molecule has 0 fully saturated rings. The Morgan fingerprint density at radius 2 is 1.50 bits per heavy atom. The number of ketones is 1. The van der Waals surface area contributed by atoms with E-state index < -0.39 is 16.6 Å². The number of aliphatic hydroxyl groups is 1. The highest BCUT2D eigenvalue weighted by Crippen LogP contribution is 2.26. The molecule has 4 rings (SSSR count). The summed E-state index contributed by atoms with van der Waals surface area (Å²) in [6, 6.07) is 19.8. The number of nitrogens with zero attached hydrogens (tertiary/aromatic N) is 1. The molecule has 3 aromatic carbocycles. The SMILES string of the molecule is COc1ccc(-c2ccc(S(=O)(=O)N3CCc4ccc(C(=O)CO)cc4CC3)cc2)cc1. The summed E-state index contributed by atoms with van der Waals surface area (Å²) in [5, 5.41) is 9.10. The van der Waals surface area contributed by atoms with Crippen molar-refractivity contribution >= 4 is 15.8 Å². The van der Waals surface area contributed by atoms with Crippen LogP contribution in [-0.2, 0) is 22.9 Å². The predicted octanol–water partition coefficient (Wildman–Crippen LogP) is 3.33. The Hall–Kier alpha value is -3.00. The van der Waals surface area contributed by atoms with Gasteiger partial charge in [0.05, 0.1) is 12.0 Å². The van der Waals surface area contributed by atoms with Crippen molar-refractivity contribution in [1.29, 1.82) is 0 Å².